The monoisotopic (exact) mass is 362 g/mol. The van der Waals surface area contributed by atoms with Crippen molar-refractivity contribution < 1.29 is 23.3 Å². The van der Waals surface area contributed by atoms with Gasteiger partial charge < -0.3 is 18.9 Å². The van der Waals surface area contributed by atoms with Gasteiger partial charge in [0, 0.05) is 19.8 Å². The fourth-order valence-corrected chi connectivity index (χ4v) is 2.93. The first kappa shape index (κ1) is 22.8. The lowest BCUT2D eigenvalue weighted by atomic mass is 10.1. The van der Waals surface area contributed by atoms with E-state index in [0.717, 1.165) is 57.8 Å². The molecule has 0 amide bonds. The molecule has 0 bridgehead atoms. The first-order valence-corrected chi connectivity index (χ1v) is 10.3. The number of hydrogen-bond donors (Lipinski definition) is 0. The van der Waals surface area contributed by atoms with Gasteiger partial charge in [-0.25, -0.2) is 4.39 Å². The summed E-state index contributed by atoms with van der Waals surface area (Å²) in [5, 5.41) is 0. The predicted octanol–water partition coefficient (Wildman–Crippen LogP) is 5.04. The lowest BCUT2D eigenvalue weighted by Gasteiger charge is -2.19. The standard InChI is InChI=1S/C20H39FO4/c1-4-7-10-13-22-16-17-19(23-14-11-8-5-2)18(21)20(25-17)24-15-12-9-6-3/h17-20H,4-16H2,1-3H3/t17-,18-,19-,20+/m1/s1. The third-order valence-electron chi connectivity index (χ3n) is 4.51. The number of hydrogen-bond acceptors (Lipinski definition) is 4. The Labute approximate surface area is 153 Å². The molecule has 4 nitrogen and oxygen atoms in total. The Balaban J connectivity index is 2.41. The molecule has 5 heteroatoms. The van der Waals surface area contributed by atoms with Crippen molar-refractivity contribution in [2.75, 3.05) is 26.4 Å². The molecule has 1 rings (SSSR count). The highest BCUT2D eigenvalue weighted by molar-refractivity contribution is 4.88. The molecule has 4 atom stereocenters. The molecule has 0 aromatic heterocycles. The summed E-state index contributed by atoms with van der Waals surface area (Å²) in [5.41, 5.74) is 0. The first-order valence-electron chi connectivity index (χ1n) is 10.3. The molecule has 150 valence electrons. The lowest BCUT2D eigenvalue weighted by Crippen LogP contribution is -2.35. The van der Waals surface area contributed by atoms with Crippen LogP contribution in [-0.2, 0) is 18.9 Å². The Hall–Kier alpha value is -0.230. The molecule has 0 N–H and O–H groups in total. The van der Waals surface area contributed by atoms with Crippen LogP contribution in [0.2, 0.25) is 0 Å². The molecule has 0 aliphatic carbocycles. The Kier molecular flexibility index (Phi) is 13.6. The summed E-state index contributed by atoms with van der Waals surface area (Å²) in [6, 6.07) is 0. The number of ether oxygens (including phenoxy) is 4. The van der Waals surface area contributed by atoms with Gasteiger partial charge in [-0.2, -0.15) is 0 Å². The van der Waals surface area contributed by atoms with Gasteiger partial charge in [0.25, 0.3) is 0 Å². The van der Waals surface area contributed by atoms with Crippen molar-refractivity contribution in [1.82, 2.24) is 0 Å². The van der Waals surface area contributed by atoms with Crippen LogP contribution >= 0.6 is 0 Å². The second-order valence-corrected chi connectivity index (χ2v) is 6.89. The molecular formula is C20H39FO4. The van der Waals surface area contributed by atoms with E-state index < -0.39 is 18.6 Å². The Morgan fingerprint density at radius 2 is 1.32 bits per heavy atom. The average molecular weight is 363 g/mol. The van der Waals surface area contributed by atoms with E-state index in [1.807, 2.05) is 0 Å². The summed E-state index contributed by atoms with van der Waals surface area (Å²) in [6.45, 7) is 8.60. The van der Waals surface area contributed by atoms with Gasteiger partial charge in [0.05, 0.1) is 6.61 Å². The van der Waals surface area contributed by atoms with E-state index in [-0.39, 0.29) is 6.10 Å². The number of alkyl halides is 1. The van der Waals surface area contributed by atoms with Crippen molar-refractivity contribution >= 4 is 0 Å². The topological polar surface area (TPSA) is 36.9 Å². The van der Waals surface area contributed by atoms with Crippen LogP contribution < -0.4 is 0 Å². The van der Waals surface area contributed by atoms with Gasteiger partial charge in [0.15, 0.2) is 12.5 Å². The van der Waals surface area contributed by atoms with Gasteiger partial charge >= 0.3 is 0 Å². The van der Waals surface area contributed by atoms with Crippen molar-refractivity contribution in [1.29, 1.82) is 0 Å². The molecule has 1 heterocycles. The van der Waals surface area contributed by atoms with Crippen molar-refractivity contribution in [3.05, 3.63) is 0 Å². The van der Waals surface area contributed by atoms with Gasteiger partial charge in [-0.05, 0) is 19.3 Å². The molecule has 1 aliphatic heterocycles. The third kappa shape index (κ3) is 9.32. The lowest BCUT2D eigenvalue weighted by molar-refractivity contribution is -0.162. The van der Waals surface area contributed by atoms with Crippen molar-refractivity contribution in [2.45, 2.75) is 103 Å². The van der Waals surface area contributed by atoms with Crippen LogP contribution in [0.1, 0.15) is 78.6 Å². The van der Waals surface area contributed by atoms with Gasteiger partial charge in [-0.1, -0.05) is 59.3 Å². The Morgan fingerprint density at radius 3 is 1.92 bits per heavy atom. The Bertz CT molecular complexity index is 303. The summed E-state index contributed by atoms with van der Waals surface area (Å²) in [4.78, 5) is 0. The van der Waals surface area contributed by atoms with Gasteiger partial charge in [0.1, 0.15) is 12.2 Å². The highest BCUT2D eigenvalue weighted by Gasteiger charge is 2.46. The van der Waals surface area contributed by atoms with Crippen LogP contribution in [-0.4, -0.2) is 51.1 Å². The van der Waals surface area contributed by atoms with Gasteiger partial charge in [-0.3, -0.25) is 0 Å². The molecule has 0 radical (unpaired) electrons. The van der Waals surface area contributed by atoms with Crippen LogP contribution in [0.3, 0.4) is 0 Å². The zero-order valence-corrected chi connectivity index (χ0v) is 16.5. The number of halogens is 1. The van der Waals surface area contributed by atoms with Crippen molar-refractivity contribution in [2.24, 2.45) is 0 Å². The molecular weight excluding hydrogens is 323 g/mol. The SMILES string of the molecule is CCCCCOC[C@H]1O[C@H](OCCCCC)[C@H](F)[C@@H]1OCCCCC. The van der Waals surface area contributed by atoms with Gasteiger partial charge in [-0.15, -0.1) is 0 Å². The summed E-state index contributed by atoms with van der Waals surface area (Å²) in [6.07, 6.45) is 6.62. The molecule has 0 aromatic carbocycles. The fraction of sp³-hybridized carbons (Fsp3) is 1.00. The minimum atomic E-state index is -1.24. The summed E-state index contributed by atoms with van der Waals surface area (Å²) >= 11 is 0. The third-order valence-corrected chi connectivity index (χ3v) is 4.51. The van der Waals surface area contributed by atoms with E-state index in [4.69, 9.17) is 18.9 Å². The van der Waals surface area contributed by atoms with Gasteiger partial charge in [0.2, 0.25) is 0 Å². The normalized spacial score (nSPS) is 26.4. The van der Waals surface area contributed by atoms with E-state index >= 15 is 0 Å². The van der Waals surface area contributed by atoms with Crippen molar-refractivity contribution in [3.63, 3.8) is 0 Å². The van der Waals surface area contributed by atoms with E-state index in [1.54, 1.807) is 0 Å². The second kappa shape index (κ2) is 14.9. The maximum absolute atomic E-state index is 14.7. The smallest absolute Gasteiger partial charge is 0.192 e. The fourth-order valence-electron chi connectivity index (χ4n) is 2.93. The molecule has 0 spiro atoms. The van der Waals surface area contributed by atoms with E-state index in [2.05, 4.69) is 20.8 Å². The highest BCUT2D eigenvalue weighted by atomic mass is 19.1. The quantitative estimate of drug-likeness (QED) is 0.361. The summed E-state index contributed by atoms with van der Waals surface area (Å²) in [7, 11) is 0. The van der Waals surface area contributed by atoms with Crippen LogP contribution in [0.15, 0.2) is 0 Å². The maximum Gasteiger partial charge on any atom is 0.192 e. The van der Waals surface area contributed by atoms with Crippen molar-refractivity contribution in [3.8, 4) is 0 Å². The van der Waals surface area contributed by atoms with E-state index in [9.17, 15) is 4.39 Å². The predicted molar refractivity (Wildman–Crippen MR) is 98.6 cm³/mol. The minimum absolute atomic E-state index is 0.372. The van der Waals surface area contributed by atoms with Crippen LogP contribution in [0.25, 0.3) is 0 Å². The molecule has 1 fully saturated rings. The summed E-state index contributed by atoms with van der Waals surface area (Å²) < 4.78 is 37.6. The molecule has 1 saturated heterocycles. The van der Waals surface area contributed by atoms with E-state index in [0.29, 0.717) is 26.4 Å². The molecule has 0 unspecified atom stereocenters. The average Bonchev–Trinajstić information content (AvgIpc) is 2.91. The molecule has 25 heavy (non-hydrogen) atoms. The zero-order valence-electron chi connectivity index (χ0n) is 16.5. The molecule has 0 saturated carbocycles. The zero-order chi connectivity index (χ0) is 18.3. The minimum Gasteiger partial charge on any atom is -0.379 e. The number of rotatable bonds is 16. The highest BCUT2D eigenvalue weighted by Crippen LogP contribution is 2.28. The summed E-state index contributed by atoms with van der Waals surface area (Å²) in [5.74, 6) is 0. The first-order chi connectivity index (χ1) is 12.2. The van der Waals surface area contributed by atoms with Crippen LogP contribution in [0, 0.1) is 0 Å². The molecule has 0 aromatic rings. The van der Waals surface area contributed by atoms with E-state index in [1.165, 1.54) is 0 Å². The van der Waals surface area contributed by atoms with Crippen LogP contribution in [0.4, 0.5) is 4.39 Å². The number of unbranched alkanes of at least 4 members (excludes halogenated alkanes) is 6. The largest absolute Gasteiger partial charge is 0.379 e. The maximum atomic E-state index is 14.7. The molecule has 1 aliphatic rings. The Morgan fingerprint density at radius 1 is 0.760 bits per heavy atom. The second-order valence-electron chi connectivity index (χ2n) is 6.89. The van der Waals surface area contributed by atoms with Crippen LogP contribution in [0.5, 0.6) is 0 Å².